The Labute approximate surface area is 189 Å². The first-order valence-corrected chi connectivity index (χ1v) is 12.0. The second-order valence-electron chi connectivity index (χ2n) is 7.88. The highest BCUT2D eigenvalue weighted by molar-refractivity contribution is 7.92. The predicted octanol–water partition coefficient (Wildman–Crippen LogP) is 4.49. The maximum Gasteiger partial charge on any atom is 0.399 e. The highest BCUT2D eigenvalue weighted by atomic mass is 32.2. The van der Waals surface area contributed by atoms with E-state index in [1.165, 1.54) is 12.5 Å². The Kier molecular flexibility index (Phi) is 6.07. The number of nitrogens with zero attached hydrogens (tertiary/aromatic N) is 1. The summed E-state index contributed by atoms with van der Waals surface area (Å²) in [6.45, 7) is 1.51. The van der Waals surface area contributed by atoms with E-state index in [0.717, 1.165) is 37.5 Å². The number of sulfonamides is 1. The summed E-state index contributed by atoms with van der Waals surface area (Å²) in [5.41, 5.74) is 0.396. The van der Waals surface area contributed by atoms with E-state index in [4.69, 9.17) is 9.15 Å². The zero-order chi connectivity index (χ0) is 23.8. The van der Waals surface area contributed by atoms with Crippen LogP contribution in [0.15, 0.2) is 47.1 Å². The minimum Gasteiger partial charge on any atom is -0.416 e. The molecule has 0 unspecified atom stereocenters. The number of rotatable bonds is 8. The van der Waals surface area contributed by atoms with E-state index in [0.29, 0.717) is 11.7 Å². The van der Waals surface area contributed by atoms with Crippen molar-refractivity contribution in [1.29, 1.82) is 0 Å². The molecule has 0 saturated heterocycles. The summed E-state index contributed by atoms with van der Waals surface area (Å²) in [5, 5.41) is 2.56. The highest BCUT2D eigenvalue weighted by Crippen LogP contribution is 2.41. The standard InChI is InChI=1S/C22H21F2N3O5S/c1-12(15-9-17(23)20(18(24)10-15)27-33(2,29)30)25-21(28)19-11-31-22(26-19)32-16-5-3-4-14(8-16)13-6-7-13/h3-5,8-13,27H,6-7H2,1-2H3,(H,25,28)/t12-/m1/s1. The van der Waals surface area contributed by atoms with Gasteiger partial charge in [-0.15, -0.1) is 0 Å². The highest BCUT2D eigenvalue weighted by Gasteiger charge is 2.24. The molecular weight excluding hydrogens is 456 g/mol. The summed E-state index contributed by atoms with van der Waals surface area (Å²) < 4.78 is 63.6. The molecule has 2 N–H and O–H groups in total. The molecule has 0 bridgehead atoms. The molecule has 1 aliphatic carbocycles. The van der Waals surface area contributed by atoms with Crippen LogP contribution in [0.4, 0.5) is 14.5 Å². The summed E-state index contributed by atoms with van der Waals surface area (Å²) in [6, 6.07) is 8.60. The maximum absolute atomic E-state index is 14.2. The fraction of sp³-hybridized carbons (Fsp3) is 0.273. The van der Waals surface area contributed by atoms with Gasteiger partial charge in [-0.05, 0) is 61.1 Å². The zero-order valence-electron chi connectivity index (χ0n) is 17.8. The van der Waals surface area contributed by atoms with Crippen molar-refractivity contribution in [2.45, 2.75) is 31.7 Å². The van der Waals surface area contributed by atoms with Gasteiger partial charge in [0.1, 0.15) is 17.7 Å². The number of carbonyl (C=O) groups excluding carboxylic acids is 1. The van der Waals surface area contributed by atoms with Crippen LogP contribution in [0.5, 0.6) is 11.8 Å². The third-order valence-corrected chi connectivity index (χ3v) is 5.60. The van der Waals surface area contributed by atoms with Gasteiger partial charge in [-0.3, -0.25) is 9.52 Å². The van der Waals surface area contributed by atoms with Crippen LogP contribution in [0.3, 0.4) is 0 Å². The third-order valence-electron chi connectivity index (χ3n) is 5.03. The summed E-state index contributed by atoms with van der Waals surface area (Å²) in [7, 11) is -3.86. The molecule has 2 aromatic carbocycles. The first-order valence-electron chi connectivity index (χ1n) is 10.1. The maximum atomic E-state index is 14.2. The molecule has 3 aromatic rings. The largest absolute Gasteiger partial charge is 0.416 e. The first-order chi connectivity index (χ1) is 15.6. The predicted molar refractivity (Wildman–Crippen MR) is 116 cm³/mol. The summed E-state index contributed by atoms with van der Waals surface area (Å²) in [6.07, 6.45) is 4.07. The minimum atomic E-state index is -3.86. The van der Waals surface area contributed by atoms with Crippen LogP contribution in [-0.4, -0.2) is 25.6 Å². The van der Waals surface area contributed by atoms with E-state index in [1.54, 1.807) is 10.8 Å². The lowest BCUT2D eigenvalue weighted by Crippen LogP contribution is -2.27. The molecule has 1 amide bonds. The molecule has 1 aliphatic rings. The topological polar surface area (TPSA) is 111 Å². The fourth-order valence-corrected chi connectivity index (χ4v) is 3.80. The third kappa shape index (κ3) is 5.67. The molecule has 4 rings (SSSR count). The molecule has 1 aromatic heterocycles. The SMILES string of the molecule is C[C@@H](NC(=O)c1coc(Oc2cccc(C3CC3)c2)n1)c1cc(F)c(NS(C)(=O)=O)c(F)c1. The van der Waals surface area contributed by atoms with Crippen LogP contribution in [-0.2, 0) is 10.0 Å². The number of oxazole rings is 1. The van der Waals surface area contributed by atoms with Gasteiger partial charge in [0.2, 0.25) is 10.0 Å². The molecule has 11 heteroatoms. The lowest BCUT2D eigenvalue weighted by molar-refractivity contribution is 0.0934. The van der Waals surface area contributed by atoms with Crippen LogP contribution < -0.4 is 14.8 Å². The molecule has 174 valence electrons. The van der Waals surface area contributed by atoms with Crippen LogP contribution >= 0.6 is 0 Å². The summed E-state index contributed by atoms with van der Waals surface area (Å²) in [5.74, 6) is -1.78. The van der Waals surface area contributed by atoms with Crippen molar-refractivity contribution in [2.75, 3.05) is 11.0 Å². The monoisotopic (exact) mass is 477 g/mol. The molecule has 1 fully saturated rings. The van der Waals surface area contributed by atoms with E-state index < -0.39 is 39.3 Å². The Morgan fingerprint density at radius 2 is 1.91 bits per heavy atom. The molecule has 33 heavy (non-hydrogen) atoms. The van der Waals surface area contributed by atoms with Gasteiger partial charge in [-0.25, -0.2) is 17.2 Å². The van der Waals surface area contributed by atoms with E-state index >= 15 is 0 Å². The van der Waals surface area contributed by atoms with E-state index in [9.17, 15) is 22.0 Å². The van der Waals surface area contributed by atoms with Crippen LogP contribution in [0, 0.1) is 11.6 Å². The normalized spacial score (nSPS) is 14.5. The number of benzene rings is 2. The number of hydrogen-bond donors (Lipinski definition) is 2. The molecule has 1 saturated carbocycles. The van der Waals surface area contributed by atoms with Gasteiger partial charge in [-0.1, -0.05) is 12.1 Å². The minimum absolute atomic E-state index is 0.0773. The zero-order valence-corrected chi connectivity index (χ0v) is 18.6. The molecule has 1 heterocycles. The van der Waals surface area contributed by atoms with Gasteiger partial charge in [0, 0.05) is 0 Å². The number of halogens is 2. The molecule has 1 atom stereocenters. The van der Waals surface area contributed by atoms with Crippen molar-refractivity contribution >= 4 is 21.6 Å². The molecule has 0 radical (unpaired) electrons. The number of ether oxygens (including phenoxy) is 1. The number of amides is 1. The average molecular weight is 477 g/mol. The first kappa shape index (κ1) is 22.7. The van der Waals surface area contributed by atoms with Crippen molar-refractivity contribution in [1.82, 2.24) is 10.3 Å². The summed E-state index contributed by atoms with van der Waals surface area (Å²) >= 11 is 0. The van der Waals surface area contributed by atoms with Crippen molar-refractivity contribution in [3.05, 3.63) is 71.1 Å². The number of carbonyl (C=O) groups is 1. The van der Waals surface area contributed by atoms with E-state index in [-0.39, 0.29) is 17.3 Å². The average Bonchev–Trinajstić information content (AvgIpc) is 3.49. The van der Waals surface area contributed by atoms with Gasteiger partial charge < -0.3 is 14.5 Å². The Morgan fingerprint density at radius 1 is 1.21 bits per heavy atom. The van der Waals surface area contributed by atoms with Gasteiger partial charge in [-0.2, -0.15) is 4.98 Å². The van der Waals surface area contributed by atoms with Crippen molar-refractivity contribution in [3.8, 4) is 11.8 Å². The molecule has 0 spiro atoms. The quantitative estimate of drug-likeness (QED) is 0.495. The van der Waals surface area contributed by atoms with Crippen LogP contribution in [0.1, 0.15) is 53.3 Å². The van der Waals surface area contributed by atoms with Crippen molar-refractivity contribution in [2.24, 2.45) is 0 Å². The van der Waals surface area contributed by atoms with Gasteiger partial charge >= 0.3 is 6.08 Å². The second kappa shape index (κ2) is 8.81. The number of nitrogens with one attached hydrogen (secondary N) is 2. The molecule has 0 aliphatic heterocycles. The van der Waals surface area contributed by atoms with E-state index in [1.807, 2.05) is 18.2 Å². The lowest BCUT2D eigenvalue weighted by Gasteiger charge is -2.15. The number of hydrogen-bond acceptors (Lipinski definition) is 6. The Balaban J connectivity index is 1.42. The molecule has 8 nitrogen and oxygen atoms in total. The Morgan fingerprint density at radius 3 is 2.55 bits per heavy atom. The van der Waals surface area contributed by atoms with Gasteiger partial charge in [0.15, 0.2) is 17.3 Å². The smallest absolute Gasteiger partial charge is 0.399 e. The van der Waals surface area contributed by atoms with Crippen molar-refractivity contribution in [3.63, 3.8) is 0 Å². The van der Waals surface area contributed by atoms with Crippen molar-refractivity contribution < 1.29 is 31.1 Å². The van der Waals surface area contributed by atoms with Gasteiger partial charge in [0.25, 0.3) is 5.91 Å². The summed E-state index contributed by atoms with van der Waals surface area (Å²) in [4.78, 5) is 16.5. The van der Waals surface area contributed by atoms with Gasteiger partial charge in [0.05, 0.1) is 12.3 Å². The number of aromatic nitrogens is 1. The fourth-order valence-electron chi connectivity index (χ4n) is 3.24. The lowest BCUT2D eigenvalue weighted by atomic mass is 10.1. The van der Waals surface area contributed by atoms with Crippen LogP contribution in [0.25, 0.3) is 0 Å². The number of anilines is 1. The molecular formula is C22H21F2N3O5S. The second-order valence-corrected chi connectivity index (χ2v) is 9.62. The Bertz CT molecular complexity index is 1280. The Hall–Kier alpha value is -3.47. The van der Waals surface area contributed by atoms with E-state index in [2.05, 4.69) is 10.3 Å². The van der Waals surface area contributed by atoms with Crippen LogP contribution in [0.2, 0.25) is 0 Å².